The minimum Gasteiger partial charge on any atom is -0.508 e. The summed E-state index contributed by atoms with van der Waals surface area (Å²) in [5, 5.41) is 28.2. The molecule has 8 amide bonds. The first-order valence-electron chi connectivity index (χ1n) is 20.3. The Labute approximate surface area is 362 Å². The van der Waals surface area contributed by atoms with Crippen LogP contribution in [-0.4, -0.2) is 107 Å². The molecule has 0 saturated heterocycles. The average molecular weight is 870 g/mol. The van der Waals surface area contributed by atoms with Gasteiger partial charge in [0.1, 0.15) is 42.0 Å². The summed E-state index contributed by atoms with van der Waals surface area (Å²) in [4.78, 5) is 106. The van der Waals surface area contributed by atoms with Crippen LogP contribution in [0.2, 0.25) is 0 Å². The first-order chi connectivity index (χ1) is 28.8. The van der Waals surface area contributed by atoms with Gasteiger partial charge in [-0.2, -0.15) is 12.6 Å². The molecule has 18 nitrogen and oxygen atoms in total. The summed E-state index contributed by atoms with van der Waals surface area (Å²) in [6.07, 6.45) is 0.645. The molecule has 2 aromatic rings. The van der Waals surface area contributed by atoms with Crippen molar-refractivity contribution in [2.45, 2.75) is 103 Å². The number of rotatable bonds is 25. The van der Waals surface area contributed by atoms with E-state index in [-0.39, 0.29) is 49.1 Å². The van der Waals surface area contributed by atoms with Crippen molar-refractivity contribution in [2.24, 2.45) is 29.2 Å². The van der Waals surface area contributed by atoms with Crippen molar-refractivity contribution in [3.05, 3.63) is 65.7 Å². The van der Waals surface area contributed by atoms with Crippen molar-refractivity contribution < 1.29 is 43.5 Å². The molecule has 0 radical (unpaired) electrons. The van der Waals surface area contributed by atoms with E-state index in [4.69, 9.17) is 11.5 Å². The Morgan fingerprint density at radius 2 is 1.11 bits per heavy atom. The minimum absolute atomic E-state index is 0.0104. The van der Waals surface area contributed by atoms with Crippen LogP contribution in [0.15, 0.2) is 54.6 Å². The summed E-state index contributed by atoms with van der Waals surface area (Å²) in [5.74, 6) is -6.69. The molecule has 0 bridgehead atoms. The lowest BCUT2D eigenvalue weighted by Gasteiger charge is -2.29. The minimum atomic E-state index is -1.30. The molecule has 2 aromatic carbocycles. The van der Waals surface area contributed by atoms with Crippen molar-refractivity contribution in [1.82, 2.24) is 37.2 Å². The number of carbonyl (C=O) groups is 8. The Bertz CT molecular complexity index is 1800. The number of benzene rings is 2. The highest BCUT2D eigenvalue weighted by molar-refractivity contribution is 7.80. The number of nitrogens with two attached hydrogens (primary N) is 2. The van der Waals surface area contributed by atoms with Gasteiger partial charge in [0.2, 0.25) is 47.3 Å². The molecule has 0 heterocycles. The number of phenolic OH excluding ortho intramolecular Hbond substituents is 1. The molecule has 0 aromatic heterocycles. The van der Waals surface area contributed by atoms with Gasteiger partial charge in [-0.1, -0.05) is 90.4 Å². The van der Waals surface area contributed by atoms with Gasteiger partial charge in [0.05, 0.1) is 13.1 Å². The molecule has 0 fully saturated rings. The largest absolute Gasteiger partial charge is 0.508 e. The average Bonchev–Trinajstić information content (AvgIpc) is 3.22. The highest BCUT2D eigenvalue weighted by atomic mass is 32.1. The normalized spacial score (nSPS) is 14.5. The van der Waals surface area contributed by atoms with E-state index < -0.39 is 96.0 Å². The molecular weight excluding hydrogens is 807 g/mol. The Kier molecular flexibility index (Phi) is 21.8. The molecule has 336 valence electrons. The van der Waals surface area contributed by atoms with Crippen molar-refractivity contribution in [3.8, 4) is 5.75 Å². The molecule has 0 aliphatic rings. The second-order valence-corrected chi connectivity index (χ2v) is 16.0. The fraction of sp³-hybridized carbons (Fsp3) is 0.524. The van der Waals surface area contributed by atoms with E-state index in [1.807, 2.05) is 20.8 Å². The number of hydrogen-bond acceptors (Lipinski definition) is 11. The van der Waals surface area contributed by atoms with Gasteiger partial charge < -0.3 is 53.8 Å². The third-order valence-electron chi connectivity index (χ3n) is 9.79. The summed E-state index contributed by atoms with van der Waals surface area (Å²) in [7, 11) is 0. The van der Waals surface area contributed by atoms with Gasteiger partial charge in [0.15, 0.2) is 0 Å². The van der Waals surface area contributed by atoms with Crippen LogP contribution in [0.25, 0.3) is 0 Å². The van der Waals surface area contributed by atoms with E-state index in [2.05, 4.69) is 49.8 Å². The summed E-state index contributed by atoms with van der Waals surface area (Å²) in [6, 6.07) is 7.63. The van der Waals surface area contributed by atoms with E-state index >= 15 is 0 Å². The maximum absolute atomic E-state index is 14.2. The topological polar surface area (TPSA) is 293 Å². The first-order valence-corrected chi connectivity index (χ1v) is 20.9. The van der Waals surface area contributed by atoms with Gasteiger partial charge in [0.25, 0.3) is 0 Å². The third-order valence-corrected chi connectivity index (χ3v) is 10.2. The number of aromatic hydroxyl groups is 1. The van der Waals surface area contributed by atoms with Gasteiger partial charge in [0, 0.05) is 18.6 Å². The zero-order chi connectivity index (χ0) is 45.8. The fourth-order valence-corrected chi connectivity index (χ4v) is 6.36. The van der Waals surface area contributed by atoms with E-state index in [1.54, 1.807) is 63.2 Å². The van der Waals surface area contributed by atoms with Crippen LogP contribution in [0.4, 0.5) is 0 Å². The monoisotopic (exact) mass is 869 g/mol. The number of nitrogens with one attached hydrogen (secondary N) is 7. The quantitative estimate of drug-likeness (QED) is 0.0560. The molecule has 7 atom stereocenters. The summed E-state index contributed by atoms with van der Waals surface area (Å²) >= 11 is 4.19. The van der Waals surface area contributed by atoms with Crippen LogP contribution in [0, 0.1) is 17.8 Å². The summed E-state index contributed by atoms with van der Waals surface area (Å²) < 4.78 is 0. The molecule has 0 aliphatic heterocycles. The zero-order valence-electron chi connectivity index (χ0n) is 35.7. The molecule has 0 saturated carbocycles. The lowest BCUT2D eigenvalue weighted by molar-refractivity contribution is -0.136. The molecule has 0 unspecified atom stereocenters. The van der Waals surface area contributed by atoms with Crippen molar-refractivity contribution in [2.75, 3.05) is 18.8 Å². The SMILES string of the molecule is CC[C@H](C)[C@H](NC(=O)[C@H](CC(C)C)NC(=O)[C@H](Cc1ccc(O)cc1)NC(=O)[C@@H](NC(=O)[C@H](Cc1ccccc1)NC(=O)[C@H](CS)NC(=O)CNC(=O)CN)C(C)C)C(N)=O. The molecular formula is C42H63N9O9S. The predicted molar refractivity (Wildman–Crippen MR) is 232 cm³/mol. The lowest BCUT2D eigenvalue weighted by atomic mass is 9.96. The number of primary amides is 1. The van der Waals surface area contributed by atoms with Crippen LogP contribution in [0.1, 0.15) is 65.5 Å². The van der Waals surface area contributed by atoms with Crippen LogP contribution in [-0.2, 0) is 51.2 Å². The summed E-state index contributed by atoms with van der Waals surface area (Å²) in [6.45, 7) is 9.89. The van der Waals surface area contributed by atoms with Crippen LogP contribution >= 0.6 is 12.6 Å². The Morgan fingerprint density at radius 3 is 1.62 bits per heavy atom. The lowest BCUT2D eigenvalue weighted by Crippen LogP contribution is -2.61. The third kappa shape index (κ3) is 17.8. The van der Waals surface area contributed by atoms with Gasteiger partial charge in [-0.15, -0.1) is 0 Å². The molecule has 2 rings (SSSR count). The summed E-state index contributed by atoms with van der Waals surface area (Å²) in [5.41, 5.74) is 12.1. The van der Waals surface area contributed by atoms with Gasteiger partial charge in [-0.05, 0) is 47.4 Å². The Balaban J connectivity index is 2.41. The predicted octanol–water partition coefficient (Wildman–Crippen LogP) is -0.676. The maximum Gasteiger partial charge on any atom is 0.244 e. The molecule has 19 heteroatoms. The Hall–Kier alpha value is -5.69. The van der Waals surface area contributed by atoms with Crippen molar-refractivity contribution in [1.29, 1.82) is 0 Å². The van der Waals surface area contributed by atoms with Gasteiger partial charge >= 0.3 is 0 Å². The van der Waals surface area contributed by atoms with E-state index in [0.29, 0.717) is 17.5 Å². The van der Waals surface area contributed by atoms with Gasteiger partial charge in [-0.25, -0.2) is 0 Å². The maximum atomic E-state index is 14.2. The highest BCUT2D eigenvalue weighted by Gasteiger charge is 2.35. The number of thiol groups is 1. The molecule has 0 spiro atoms. The van der Waals surface area contributed by atoms with Crippen molar-refractivity contribution in [3.63, 3.8) is 0 Å². The van der Waals surface area contributed by atoms with E-state index in [0.717, 1.165) is 0 Å². The van der Waals surface area contributed by atoms with Crippen LogP contribution in [0.5, 0.6) is 5.75 Å². The van der Waals surface area contributed by atoms with Crippen LogP contribution < -0.4 is 48.7 Å². The second-order valence-electron chi connectivity index (χ2n) is 15.7. The van der Waals surface area contributed by atoms with E-state index in [1.165, 1.54) is 12.1 Å². The van der Waals surface area contributed by atoms with Crippen molar-refractivity contribution >= 4 is 59.9 Å². The number of phenols is 1. The zero-order valence-corrected chi connectivity index (χ0v) is 36.6. The first kappa shape index (κ1) is 51.5. The smallest absolute Gasteiger partial charge is 0.244 e. The second kappa shape index (κ2) is 25.8. The van der Waals surface area contributed by atoms with E-state index in [9.17, 15) is 43.5 Å². The van der Waals surface area contributed by atoms with Crippen LogP contribution in [0.3, 0.4) is 0 Å². The highest BCUT2D eigenvalue weighted by Crippen LogP contribution is 2.15. The molecule has 61 heavy (non-hydrogen) atoms. The molecule has 12 N–H and O–H groups in total. The number of hydrogen-bond donors (Lipinski definition) is 11. The number of amides is 8. The fourth-order valence-electron chi connectivity index (χ4n) is 6.11. The van der Waals surface area contributed by atoms with Gasteiger partial charge in [-0.3, -0.25) is 38.4 Å². The molecule has 0 aliphatic carbocycles. The Morgan fingerprint density at radius 1 is 0.623 bits per heavy atom. The number of carbonyl (C=O) groups excluding carboxylic acids is 8. The standard InChI is InChI=1S/C42H63N9O9S/c1-7-25(6)36(37(44)55)51-39(57)29(17-23(2)3)47-38(56)30(19-27-13-15-28(52)16-14-27)49-42(60)35(24(4)5)50-40(58)31(18-26-11-9-8-10-12-26)48-41(59)32(22-61)46-34(54)21-45-33(53)20-43/h8-16,23-25,29-32,35-36,52,61H,7,17-22,43H2,1-6H3,(H2,44,55)(H,45,53)(H,46,54)(H,47,56)(H,48,59)(H,49,60)(H,50,58)(H,51,57)/t25-,29-,30-,31-,32-,35-,36-/m0/s1.